The fourth-order valence-corrected chi connectivity index (χ4v) is 4.36. The van der Waals surface area contributed by atoms with Gasteiger partial charge < -0.3 is 10.2 Å². The number of non-ortho nitro benzene ring substituents is 1. The van der Waals surface area contributed by atoms with Crippen LogP contribution in [0.2, 0.25) is 0 Å². The number of carbonyl (C=O) groups is 1. The number of piperazine rings is 1. The molecule has 0 spiro atoms. The molecule has 1 saturated heterocycles. The third-order valence-electron chi connectivity index (χ3n) is 4.66. The monoisotopic (exact) mass is 418 g/mol. The zero-order chi connectivity index (χ0) is 18.7. The number of rotatable bonds is 7. The molecule has 1 heterocycles. The molecule has 1 saturated carbocycles. The standard InChI is InChI=1S/C16H22N4O5S.ClH/c21-16(12-17-11-13-4-5-13)18-6-8-19(9-7-18)26(24,25)15-3-1-2-14(10-15)20(22)23;/h1-3,10,13,17H,4-9,11-12H2;1H. The number of nitro groups is 1. The molecule has 0 unspecified atom stereocenters. The van der Waals surface area contributed by atoms with E-state index in [1.165, 1.54) is 35.3 Å². The van der Waals surface area contributed by atoms with Crippen LogP contribution in [0.3, 0.4) is 0 Å². The van der Waals surface area contributed by atoms with E-state index in [0.29, 0.717) is 19.0 Å². The first-order valence-corrected chi connectivity index (χ1v) is 10.0. The number of carbonyl (C=O) groups excluding carboxylic acids is 1. The van der Waals surface area contributed by atoms with E-state index in [9.17, 15) is 23.3 Å². The van der Waals surface area contributed by atoms with E-state index in [0.717, 1.165) is 12.6 Å². The van der Waals surface area contributed by atoms with Crippen molar-refractivity contribution >= 4 is 34.0 Å². The van der Waals surface area contributed by atoms with Crippen molar-refractivity contribution in [2.75, 3.05) is 39.3 Å². The summed E-state index contributed by atoms with van der Waals surface area (Å²) in [4.78, 5) is 24.0. The molecule has 1 aromatic carbocycles. The molecule has 0 aromatic heterocycles. The number of benzene rings is 1. The van der Waals surface area contributed by atoms with Crippen molar-refractivity contribution in [2.45, 2.75) is 17.7 Å². The number of sulfonamides is 1. The molecule has 1 amide bonds. The van der Waals surface area contributed by atoms with E-state index >= 15 is 0 Å². The summed E-state index contributed by atoms with van der Waals surface area (Å²) >= 11 is 0. The van der Waals surface area contributed by atoms with Gasteiger partial charge in [-0.05, 0) is 31.4 Å². The van der Waals surface area contributed by atoms with Crippen molar-refractivity contribution in [1.29, 1.82) is 0 Å². The quantitative estimate of drug-likeness (QED) is 0.518. The lowest BCUT2D eigenvalue weighted by Crippen LogP contribution is -2.52. The van der Waals surface area contributed by atoms with Crippen LogP contribution < -0.4 is 5.32 Å². The van der Waals surface area contributed by atoms with Crippen LogP contribution in [0.5, 0.6) is 0 Å². The predicted octanol–water partition coefficient (Wildman–Crippen LogP) is 0.849. The summed E-state index contributed by atoms with van der Waals surface area (Å²) < 4.78 is 26.6. The number of nitrogens with one attached hydrogen (secondary N) is 1. The minimum Gasteiger partial charge on any atom is -0.339 e. The summed E-state index contributed by atoms with van der Waals surface area (Å²) in [5.41, 5.74) is -0.262. The highest BCUT2D eigenvalue weighted by Crippen LogP contribution is 2.27. The molecule has 2 fully saturated rings. The maximum Gasteiger partial charge on any atom is 0.270 e. The van der Waals surface area contributed by atoms with Crippen molar-refractivity contribution in [1.82, 2.24) is 14.5 Å². The Bertz CT molecular complexity index is 792. The Hall–Kier alpha value is -1.75. The summed E-state index contributed by atoms with van der Waals surface area (Å²) in [6, 6.07) is 5.02. The first-order valence-electron chi connectivity index (χ1n) is 8.61. The predicted molar refractivity (Wildman–Crippen MR) is 101 cm³/mol. The maximum atomic E-state index is 12.7. The summed E-state index contributed by atoms with van der Waals surface area (Å²) in [5, 5.41) is 14.0. The van der Waals surface area contributed by atoms with Gasteiger partial charge in [0.1, 0.15) is 0 Å². The first kappa shape index (κ1) is 21.5. The van der Waals surface area contributed by atoms with Crippen LogP contribution in [0.25, 0.3) is 0 Å². The SMILES string of the molecule is Cl.O=C(CNCC1CC1)N1CCN(S(=O)(=O)c2cccc([N+](=O)[O-])c2)CC1. The normalized spacial score (nSPS) is 18.0. The molecule has 1 aromatic rings. The number of nitrogens with zero attached hydrogens (tertiary/aromatic N) is 3. The van der Waals surface area contributed by atoms with Crippen LogP contribution in [0.4, 0.5) is 5.69 Å². The molecule has 2 aliphatic rings. The molecule has 0 radical (unpaired) electrons. The minimum atomic E-state index is -3.81. The lowest BCUT2D eigenvalue weighted by Gasteiger charge is -2.34. The Morgan fingerprint density at radius 2 is 1.89 bits per heavy atom. The van der Waals surface area contributed by atoms with Gasteiger partial charge in [0.2, 0.25) is 15.9 Å². The second-order valence-electron chi connectivity index (χ2n) is 6.61. The number of nitro benzene ring substituents is 1. The van der Waals surface area contributed by atoms with E-state index < -0.39 is 14.9 Å². The molecule has 3 rings (SSSR count). The van der Waals surface area contributed by atoms with Gasteiger partial charge in [-0.15, -0.1) is 12.4 Å². The Morgan fingerprint density at radius 1 is 1.22 bits per heavy atom. The molecule has 27 heavy (non-hydrogen) atoms. The number of halogens is 1. The average molecular weight is 419 g/mol. The van der Waals surface area contributed by atoms with Crippen molar-refractivity contribution in [3.05, 3.63) is 34.4 Å². The molecule has 1 N–H and O–H groups in total. The van der Waals surface area contributed by atoms with Gasteiger partial charge in [0.15, 0.2) is 0 Å². The van der Waals surface area contributed by atoms with Gasteiger partial charge in [0.25, 0.3) is 5.69 Å². The van der Waals surface area contributed by atoms with Crippen LogP contribution in [0, 0.1) is 16.0 Å². The van der Waals surface area contributed by atoms with E-state index in [2.05, 4.69) is 5.32 Å². The highest BCUT2D eigenvalue weighted by Gasteiger charge is 2.31. The molecular formula is C16H23ClN4O5S. The lowest BCUT2D eigenvalue weighted by atomic mass is 10.3. The van der Waals surface area contributed by atoms with Gasteiger partial charge in [0.05, 0.1) is 16.4 Å². The van der Waals surface area contributed by atoms with Crippen LogP contribution in [0.1, 0.15) is 12.8 Å². The van der Waals surface area contributed by atoms with Crippen molar-refractivity contribution < 1.29 is 18.1 Å². The largest absolute Gasteiger partial charge is 0.339 e. The summed E-state index contributed by atoms with van der Waals surface area (Å²) in [6.45, 7) is 2.12. The minimum absolute atomic E-state index is 0. The molecular weight excluding hydrogens is 396 g/mol. The third kappa shape index (κ3) is 5.38. The zero-order valence-corrected chi connectivity index (χ0v) is 16.4. The maximum absolute atomic E-state index is 12.7. The smallest absolute Gasteiger partial charge is 0.270 e. The molecule has 1 aliphatic heterocycles. The summed E-state index contributed by atoms with van der Waals surface area (Å²) in [5.74, 6) is 0.665. The topological polar surface area (TPSA) is 113 Å². The zero-order valence-electron chi connectivity index (χ0n) is 14.7. The molecule has 0 bridgehead atoms. The van der Waals surface area contributed by atoms with Gasteiger partial charge in [-0.2, -0.15) is 4.31 Å². The molecule has 1 aliphatic carbocycles. The number of hydrogen-bond acceptors (Lipinski definition) is 6. The van der Waals surface area contributed by atoms with Crippen molar-refractivity contribution in [3.63, 3.8) is 0 Å². The highest BCUT2D eigenvalue weighted by atomic mass is 35.5. The molecule has 11 heteroatoms. The van der Waals surface area contributed by atoms with Gasteiger partial charge in [-0.1, -0.05) is 6.07 Å². The van der Waals surface area contributed by atoms with Crippen LogP contribution in [0.15, 0.2) is 29.2 Å². The van der Waals surface area contributed by atoms with Gasteiger partial charge in [-0.25, -0.2) is 8.42 Å². The average Bonchev–Trinajstić information content (AvgIpc) is 3.46. The van der Waals surface area contributed by atoms with Gasteiger partial charge in [-0.3, -0.25) is 14.9 Å². The Kier molecular flexibility index (Phi) is 7.15. The Labute approximate surface area is 164 Å². The fourth-order valence-electron chi connectivity index (χ4n) is 2.90. The van der Waals surface area contributed by atoms with Crippen LogP contribution >= 0.6 is 12.4 Å². The third-order valence-corrected chi connectivity index (χ3v) is 6.56. The molecule has 0 atom stereocenters. The lowest BCUT2D eigenvalue weighted by molar-refractivity contribution is -0.385. The summed E-state index contributed by atoms with van der Waals surface area (Å²) in [7, 11) is -3.81. The Balaban J connectivity index is 0.00000261. The fraction of sp³-hybridized carbons (Fsp3) is 0.562. The molecule has 150 valence electrons. The second-order valence-corrected chi connectivity index (χ2v) is 8.55. The second kappa shape index (κ2) is 8.96. The first-order chi connectivity index (χ1) is 12.4. The van der Waals surface area contributed by atoms with Gasteiger partial charge in [0, 0.05) is 38.3 Å². The van der Waals surface area contributed by atoms with Crippen molar-refractivity contribution in [3.8, 4) is 0 Å². The number of amides is 1. The van der Waals surface area contributed by atoms with E-state index in [4.69, 9.17) is 0 Å². The van der Waals surface area contributed by atoms with Crippen LogP contribution in [-0.2, 0) is 14.8 Å². The van der Waals surface area contributed by atoms with Gasteiger partial charge >= 0.3 is 0 Å². The van der Waals surface area contributed by atoms with Crippen molar-refractivity contribution in [2.24, 2.45) is 5.92 Å². The van der Waals surface area contributed by atoms with Crippen LogP contribution in [-0.4, -0.2) is 67.7 Å². The Morgan fingerprint density at radius 3 is 2.48 bits per heavy atom. The summed E-state index contributed by atoms with van der Waals surface area (Å²) in [6.07, 6.45) is 2.44. The highest BCUT2D eigenvalue weighted by molar-refractivity contribution is 7.89. The molecule has 9 nitrogen and oxygen atoms in total. The van der Waals surface area contributed by atoms with E-state index in [1.54, 1.807) is 4.90 Å². The van der Waals surface area contributed by atoms with E-state index in [-0.39, 0.29) is 48.5 Å². The number of hydrogen-bond donors (Lipinski definition) is 1. The van der Waals surface area contributed by atoms with E-state index in [1.807, 2.05) is 0 Å².